The highest BCUT2D eigenvalue weighted by Gasteiger charge is 2.47. The second-order valence-electron chi connectivity index (χ2n) is 4.40. The highest BCUT2D eigenvalue weighted by atomic mass is 16.4. The minimum Gasteiger partial charge on any atom is -0.475 e. The van der Waals surface area contributed by atoms with E-state index >= 15 is 0 Å². The Morgan fingerprint density at radius 1 is 1.67 bits per heavy atom. The number of hydrogen-bond donors (Lipinski definition) is 2. The smallest absolute Gasteiger partial charge is 0.371 e. The van der Waals surface area contributed by atoms with Crippen molar-refractivity contribution >= 4 is 17.5 Å². The lowest BCUT2D eigenvalue weighted by Gasteiger charge is -2.31. The van der Waals surface area contributed by atoms with Crippen LogP contribution in [0.25, 0.3) is 0 Å². The summed E-state index contributed by atoms with van der Waals surface area (Å²) in [7, 11) is 1.93. The van der Waals surface area contributed by atoms with E-state index in [1.54, 1.807) is 6.07 Å². The SMILES string of the molecule is CN1CC2(CC2)Nc2cc(C(=O)O)oc21. The van der Waals surface area contributed by atoms with Crippen molar-refractivity contribution in [3.8, 4) is 0 Å². The van der Waals surface area contributed by atoms with Crippen molar-refractivity contribution in [1.82, 2.24) is 0 Å². The van der Waals surface area contributed by atoms with Crippen LogP contribution in [0.5, 0.6) is 0 Å². The van der Waals surface area contributed by atoms with E-state index in [1.807, 2.05) is 11.9 Å². The molecule has 1 fully saturated rings. The Kier molecular flexibility index (Phi) is 1.43. The lowest BCUT2D eigenvalue weighted by Crippen LogP contribution is -2.40. The van der Waals surface area contributed by atoms with E-state index in [-0.39, 0.29) is 11.3 Å². The summed E-state index contributed by atoms with van der Waals surface area (Å²) in [6, 6.07) is 1.56. The molecule has 1 aromatic heterocycles. The second-order valence-corrected chi connectivity index (χ2v) is 4.40. The van der Waals surface area contributed by atoms with Crippen LogP contribution in [0.1, 0.15) is 23.4 Å². The van der Waals surface area contributed by atoms with E-state index in [4.69, 9.17) is 9.52 Å². The van der Waals surface area contributed by atoms with Crippen LogP contribution in [-0.4, -0.2) is 30.2 Å². The summed E-state index contributed by atoms with van der Waals surface area (Å²) in [5, 5.41) is 12.2. The van der Waals surface area contributed by atoms with Gasteiger partial charge in [-0.15, -0.1) is 0 Å². The minimum absolute atomic E-state index is 0.00273. The Morgan fingerprint density at radius 3 is 3.00 bits per heavy atom. The zero-order valence-corrected chi connectivity index (χ0v) is 8.41. The topological polar surface area (TPSA) is 65.7 Å². The Hall–Kier alpha value is -1.65. The normalized spacial score (nSPS) is 21.0. The van der Waals surface area contributed by atoms with Gasteiger partial charge in [0.25, 0.3) is 0 Å². The first kappa shape index (κ1) is 8.64. The van der Waals surface area contributed by atoms with Gasteiger partial charge in [-0.05, 0) is 12.8 Å². The summed E-state index contributed by atoms with van der Waals surface area (Å²) in [6.45, 7) is 0.882. The van der Waals surface area contributed by atoms with Gasteiger partial charge in [0.05, 0.1) is 11.2 Å². The molecular formula is C10H12N2O3. The van der Waals surface area contributed by atoms with Crippen molar-refractivity contribution in [1.29, 1.82) is 0 Å². The molecule has 1 aliphatic carbocycles. The maximum absolute atomic E-state index is 10.8. The fraction of sp³-hybridized carbons (Fsp3) is 0.500. The van der Waals surface area contributed by atoms with Gasteiger partial charge in [-0.1, -0.05) is 0 Å². The zero-order valence-electron chi connectivity index (χ0n) is 8.41. The van der Waals surface area contributed by atoms with Crippen LogP contribution < -0.4 is 10.2 Å². The van der Waals surface area contributed by atoms with Crippen LogP contribution in [0.4, 0.5) is 11.6 Å². The van der Waals surface area contributed by atoms with Gasteiger partial charge in [-0.25, -0.2) is 4.79 Å². The Morgan fingerprint density at radius 2 is 2.40 bits per heavy atom. The molecule has 5 nitrogen and oxygen atoms in total. The number of fused-ring (bicyclic) bond motifs is 1. The quantitative estimate of drug-likeness (QED) is 0.729. The average molecular weight is 208 g/mol. The lowest BCUT2D eigenvalue weighted by molar-refractivity contribution is 0.0663. The van der Waals surface area contributed by atoms with Crippen LogP contribution in [0, 0.1) is 0 Å². The molecule has 2 N–H and O–H groups in total. The predicted octanol–water partition coefficient (Wildman–Crippen LogP) is 1.37. The lowest BCUT2D eigenvalue weighted by atomic mass is 10.2. The Bertz CT molecular complexity index is 434. The van der Waals surface area contributed by atoms with E-state index in [0.29, 0.717) is 5.88 Å². The zero-order chi connectivity index (χ0) is 10.6. The standard InChI is InChI=1S/C10H12N2O3/c1-12-5-10(2-3-10)11-6-4-7(9(13)14)15-8(6)12/h4,11H,2-3,5H2,1H3,(H,13,14). The van der Waals surface area contributed by atoms with Crippen LogP contribution in [0.3, 0.4) is 0 Å². The summed E-state index contributed by atoms with van der Waals surface area (Å²) in [6.07, 6.45) is 2.29. The third-order valence-electron chi connectivity index (χ3n) is 3.06. The number of carboxylic acid groups (broad SMARTS) is 1. The van der Waals surface area contributed by atoms with E-state index in [0.717, 1.165) is 25.1 Å². The van der Waals surface area contributed by atoms with Gasteiger partial charge in [0, 0.05) is 19.7 Å². The van der Waals surface area contributed by atoms with Gasteiger partial charge < -0.3 is 19.7 Å². The van der Waals surface area contributed by atoms with Gasteiger partial charge in [0.1, 0.15) is 0 Å². The number of carbonyl (C=O) groups is 1. The summed E-state index contributed by atoms with van der Waals surface area (Å²) < 4.78 is 5.26. The van der Waals surface area contributed by atoms with Crippen molar-refractivity contribution in [2.24, 2.45) is 0 Å². The van der Waals surface area contributed by atoms with Crippen molar-refractivity contribution in [3.05, 3.63) is 11.8 Å². The van der Waals surface area contributed by atoms with E-state index < -0.39 is 5.97 Å². The fourth-order valence-electron chi connectivity index (χ4n) is 2.14. The summed E-state index contributed by atoms with van der Waals surface area (Å²) in [5.74, 6) is -0.397. The number of likely N-dealkylation sites (N-methyl/N-ethyl adjacent to an activating group) is 1. The van der Waals surface area contributed by atoms with Gasteiger partial charge in [-0.3, -0.25) is 0 Å². The minimum atomic E-state index is -1.02. The molecular weight excluding hydrogens is 196 g/mol. The molecule has 2 heterocycles. The first-order chi connectivity index (χ1) is 7.10. The molecule has 0 amide bonds. The molecule has 0 bridgehead atoms. The fourth-order valence-corrected chi connectivity index (χ4v) is 2.14. The number of furan rings is 1. The van der Waals surface area contributed by atoms with Gasteiger partial charge in [0.2, 0.25) is 11.6 Å². The largest absolute Gasteiger partial charge is 0.475 e. The second kappa shape index (κ2) is 2.48. The number of aromatic carboxylic acids is 1. The molecule has 1 aliphatic heterocycles. The third kappa shape index (κ3) is 1.19. The highest BCUT2D eigenvalue weighted by molar-refractivity contribution is 5.88. The first-order valence-electron chi connectivity index (χ1n) is 4.96. The molecule has 1 saturated carbocycles. The molecule has 15 heavy (non-hydrogen) atoms. The van der Waals surface area contributed by atoms with Crippen LogP contribution in [-0.2, 0) is 0 Å². The molecule has 5 heteroatoms. The molecule has 2 aliphatic rings. The molecule has 0 aromatic carbocycles. The molecule has 0 radical (unpaired) electrons. The number of nitrogens with one attached hydrogen (secondary N) is 1. The number of anilines is 2. The van der Waals surface area contributed by atoms with Crippen molar-refractivity contribution in [2.45, 2.75) is 18.4 Å². The van der Waals surface area contributed by atoms with Crippen molar-refractivity contribution < 1.29 is 14.3 Å². The van der Waals surface area contributed by atoms with E-state index in [9.17, 15) is 4.79 Å². The van der Waals surface area contributed by atoms with Gasteiger partial charge in [0.15, 0.2) is 0 Å². The summed E-state index contributed by atoms with van der Waals surface area (Å²) in [4.78, 5) is 12.7. The van der Waals surface area contributed by atoms with Gasteiger partial charge >= 0.3 is 5.97 Å². The third-order valence-corrected chi connectivity index (χ3v) is 3.06. The van der Waals surface area contributed by atoms with Crippen molar-refractivity contribution in [3.63, 3.8) is 0 Å². The molecule has 80 valence electrons. The van der Waals surface area contributed by atoms with Crippen LogP contribution in [0.15, 0.2) is 10.5 Å². The number of nitrogens with zero attached hydrogens (tertiary/aromatic N) is 1. The van der Waals surface area contributed by atoms with Crippen LogP contribution >= 0.6 is 0 Å². The summed E-state index contributed by atoms with van der Waals surface area (Å²) >= 11 is 0. The number of hydrogen-bond acceptors (Lipinski definition) is 4. The van der Waals surface area contributed by atoms with Crippen LogP contribution in [0.2, 0.25) is 0 Å². The highest BCUT2D eigenvalue weighted by Crippen LogP contribution is 2.47. The molecule has 0 saturated heterocycles. The molecule has 3 rings (SSSR count). The van der Waals surface area contributed by atoms with E-state index in [1.165, 1.54) is 0 Å². The molecule has 0 atom stereocenters. The first-order valence-corrected chi connectivity index (χ1v) is 4.96. The summed E-state index contributed by atoms with van der Waals surface area (Å²) in [5.41, 5.74) is 0.972. The Balaban J connectivity index is 2.02. The average Bonchev–Trinajstić information content (AvgIpc) is 2.76. The monoisotopic (exact) mass is 208 g/mol. The number of rotatable bonds is 1. The molecule has 1 aromatic rings. The molecule has 1 spiro atoms. The maximum atomic E-state index is 10.8. The molecule has 0 unspecified atom stereocenters. The van der Waals surface area contributed by atoms with Crippen molar-refractivity contribution in [2.75, 3.05) is 23.8 Å². The predicted molar refractivity (Wildman–Crippen MR) is 54.5 cm³/mol. The van der Waals surface area contributed by atoms with Gasteiger partial charge in [-0.2, -0.15) is 0 Å². The van der Waals surface area contributed by atoms with E-state index in [2.05, 4.69) is 5.32 Å². The maximum Gasteiger partial charge on any atom is 0.371 e. The number of carboxylic acids is 1. The Labute approximate surface area is 86.7 Å².